The summed E-state index contributed by atoms with van der Waals surface area (Å²) in [5.74, 6) is -0.390. The van der Waals surface area contributed by atoms with Gasteiger partial charge in [-0.05, 0) is 62.4 Å². The molecule has 30 heavy (non-hydrogen) atoms. The van der Waals surface area contributed by atoms with Crippen LogP contribution in [0.3, 0.4) is 0 Å². The van der Waals surface area contributed by atoms with Crippen molar-refractivity contribution in [2.24, 2.45) is 0 Å². The van der Waals surface area contributed by atoms with Crippen LogP contribution in [-0.2, 0) is 9.59 Å². The smallest absolute Gasteiger partial charge is 0.252 e. The molecule has 0 saturated carbocycles. The van der Waals surface area contributed by atoms with E-state index in [2.05, 4.69) is 16.0 Å². The second-order valence-electron chi connectivity index (χ2n) is 7.77. The lowest BCUT2D eigenvalue weighted by Gasteiger charge is -2.39. The van der Waals surface area contributed by atoms with Gasteiger partial charge in [0.15, 0.2) is 0 Å². The van der Waals surface area contributed by atoms with Gasteiger partial charge < -0.3 is 16.0 Å². The van der Waals surface area contributed by atoms with Gasteiger partial charge in [0.1, 0.15) is 12.1 Å². The van der Waals surface area contributed by atoms with Crippen molar-refractivity contribution in [2.45, 2.75) is 19.4 Å². The summed E-state index contributed by atoms with van der Waals surface area (Å²) in [6.45, 7) is 3.58. The van der Waals surface area contributed by atoms with Crippen LogP contribution in [0.1, 0.15) is 13.8 Å². The van der Waals surface area contributed by atoms with Crippen LogP contribution < -0.4 is 20.9 Å². The van der Waals surface area contributed by atoms with Crippen LogP contribution in [0.15, 0.2) is 78.9 Å². The minimum Gasteiger partial charge on any atom is -0.370 e. The lowest BCUT2D eigenvalue weighted by molar-refractivity contribution is -0.124. The number of nitrogens with zero attached hydrogens (tertiary/aromatic N) is 1. The summed E-state index contributed by atoms with van der Waals surface area (Å²) in [7, 11) is 0. The van der Waals surface area contributed by atoms with Gasteiger partial charge in [0.25, 0.3) is 5.91 Å². The standard InChI is InChI=1S/C24H24N4O2/c1-24(2)23(30)28(21-11-7-6-10-20(21)27-24)16-22(29)26-19-14-12-18(13-15-19)25-17-8-4-3-5-9-17/h3-15,25,27H,16H2,1-2H3,(H,26,29). The average molecular weight is 400 g/mol. The van der Waals surface area contributed by atoms with E-state index in [1.807, 2.05) is 92.7 Å². The minimum atomic E-state index is -0.778. The number of hydrogen-bond acceptors (Lipinski definition) is 4. The Kier molecular flexibility index (Phi) is 5.14. The second kappa shape index (κ2) is 7.91. The molecule has 0 saturated heterocycles. The normalized spacial score (nSPS) is 14.5. The molecule has 0 atom stereocenters. The van der Waals surface area contributed by atoms with E-state index >= 15 is 0 Å². The SMILES string of the molecule is CC1(C)Nc2ccccc2N(CC(=O)Nc2ccc(Nc3ccccc3)cc2)C1=O. The molecule has 1 aliphatic rings. The predicted molar refractivity (Wildman–Crippen MR) is 121 cm³/mol. The first-order valence-corrected chi connectivity index (χ1v) is 9.83. The zero-order valence-electron chi connectivity index (χ0n) is 17.0. The Morgan fingerprint density at radius 3 is 2.20 bits per heavy atom. The van der Waals surface area contributed by atoms with Crippen molar-refractivity contribution in [3.63, 3.8) is 0 Å². The summed E-state index contributed by atoms with van der Waals surface area (Å²) in [6, 6.07) is 24.8. The molecule has 4 rings (SSSR count). The van der Waals surface area contributed by atoms with E-state index in [0.717, 1.165) is 17.1 Å². The Morgan fingerprint density at radius 2 is 1.47 bits per heavy atom. The minimum absolute atomic E-state index is 0.0506. The molecule has 3 aromatic carbocycles. The fourth-order valence-corrected chi connectivity index (χ4v) is 3.48. The maximum atomic E-state index is 12.9. The Hall–Kier alpha value is -3.80. The molecule has 0 unspecified atom stereocenters. The number of nitrogens with one attached hydrogen (secondary N) is 3. The highest BCUT2D eigenvalue weighted by Gasteiger charge is 2.39. The molecule has 6 nitrogen and oxygen atoms in total. The quantitative estimate of drug-likeness (QED) is 0.585. The van der Waals surface area contributed by atoms with Crippen LogP contribution in [0.2, 0.25) is 0 Å². The van der Waals surface area contributed by atoms with Crippen molar-refractivity contribution in [3.05, 3.63) is 78.9 Å². The molecule has 6 heteroatoms. The third-order valence-electron chi connectivity index (χ3n) is 4.95. The van der Waals surface area contributed by atoms with Gasteiger partial charge in [0.2, 0.25) is 5.91 Å². The van der Waals surface area contributed by atoms with E-state index in [1.54, 1.807) is 0 Å². The van der Waals surface area contributed by atoms with Gasteiger partial charge in [-0.3, -0.25) is 14.5 Å². The van der Waals surface area contributed by atoms with Gasteiger partial charge in [-0.1, -0.05) is 30.3 Å². The molecule has 3 aromatic rings. The Bertz CT molecular complexity index is 1060. The number of carbonyl (C=O) groups is 2. The van der Waals surface area contributed by atoms with Gasteiger partial charge in [0, 0.05) is 17.1 Å². The van der Waals surface area contributed by atoms with E-state index in [9.17, 15) is 9.59 Å². The lowest BCUT2D eigenvalue weighted by Crippen LogP contribution is -2.55. The number of benzene rings is 3. The summed E-state index contributed by atoms with van der Waals surface area (Å²) >= 11 is 0. The molecule has 0 aromatic heterocycles. The molecule has 1 heterocycles. The van der Waals surface area contributed by atoms with E-state index in [0.29, 0.717) is 11.4 Å². The molecule has 0 aliphatic carbocycles. The fourth-order valence-electron chi connectivity index (χ4n) is 3.48. The van der Waals surface area contributed by atoms with Gasteiger partial charge in [-0.2, -0.15) is 0 Å². The molecule has 2 amide bonds. The number of amides is 2. The van der Waals surface area contributed by atoms with Crippen LogP contribution in [0.5, 0.6) is 0 Å². The number of fused-ring (bicyclic) bond motifs is 1. The third-order valence-corrected chi connectivity index (χ3v) is 4.95. The van der Waals surface area contributed by atoms with E-state index in [-0.39, 0.29) is 18.4 Å². The van der Waals surface area contributed by atoms with Crippen LogP contribution in [0.25, 0.3) is 0 Å². The molecule has 0 fully saturated rings. The number of carbonyl (C=O) groups excluding carboxylic acids is 2. The first kappa shape index (κ1) is 19.5. The highest BCUT2D eigenvalue weighted by Crippen LogP contribution is 2.34. The third kappa shape index (κ3) is 4.12. The van der Waals surface area contributed by atoms with Crippen LogP contribution in [0.4, 0.5) is 28.4 Å². The molecule has 1 aliphatic heterocycles. The van der Waals surface area contributed by atoms with Gasteiger partial charge in [0.05, 0.1) is 11.4 Å². The zero-order valence-corrected chi connectivity index (χ0v) is 17.0. The molecule has 3 N–H and O–H groups in total. The Labute approximate surface area is 175 Å². The summed E-state index contributed by atoms with van der Waals surface area (Å²) in [5, 5.41) is 9.42. The molecule has 152 valence electrons. The number of para-hydroxylation sites is 3. The lowest BCUT2D eigenvalue weighted by atomic mass is 9.98. The van der Waals surface area contributed by atoms with Crippen molar-refractivity contribution in [1.82, 2.24) is 0 Å². The monoisotopic (exact) mass is 400 g/mol. The van der Waals surface area contributed by atoms with Crippen LogP contribution in [-0.4, -0.2) is 23.9 Å². The molecule has 0 radical (unpaired) electrons. The molecule has 0 spiro atoms. The second-order valence-corrected chi connectivity index (χ2v) is 7.77. The predicted octanol–water partition coefficient (Wildman–Crippen LogP) is 4.61. The molecule has 0 bridgehead atoms. The van der Waals surface area contributed by atoms with E-state index < -0.39 is 5.54 Å². The molecular formula is C24H24N4O2. The van der Waals surface area contributed by atoms with Crippen molar-refractivity contribution in [3.8, 4) is 0 Å². The topological polar surface area (TPSA) is 73.5 Å². The largest absolute Gasteiger partial charge is 0.370 e. The van der Waals surface area contributed by atoms with Gasteiger partial charge in [-0.25, -0.2) is 0 Å². The maximum absolute atomic E-state index is 12.9. The summed E-state index contributed by atoms with van der Waals surface area (Å²) in [4.78, 5) is 27.1. The van der Waals surface area contributed by atoms with E-state index in [4.69, 9.17) is 0 Å². The van der Waals surface area contributed by atoms with Crippen LogP contribution >= 0.6 is 0 Å². The molecular weight excluding hydrogens is 376 g/mol. The highest BCUT2D eigenvalue weighted by atomic mass is 16.2. The average Bonchev–Trinajstić information content (AvgIpc) is 2.73. The van der Waals surface area contributed by atoms with Crippen molar-refractivity contribution < 1.29 is 9.59 Å². The van der Waals surface area contributed by atoms with Crippen LogP contribution in [0, 0.1) is 0 Å². The van der Waals surface area contributed by atoms with Gasteiger partial charge >= 0.3 is 0 Å². The summed E-state index contributed by atoms with van der Waals surface area (Å²) in [6.07, 6.45) is 0. The van der Waals surface area contributed by atoms with Crippen molar-refractivity contribution in [2.75, 3.05) is 27.4 Å². The number of rotatable bonds is 5. The summed E-state index contributed by atoms with van der Waals surface area (Å²) in [5.41, 5.74) is 3.36. The first-order chi connectivity index (χ1) is 14.4. The zero-order chi connectivity index (χ0) is 21.1. The summed E-state index contributed by atoms with van der Waals surface area (Å²) < 4.78 is 0. The van der Waals surface area contributed by atoms with Gasteiger partial charge in [-0.15, -0.1) is 0 Å². The maximum Gasteiger partial charge on any atom is 0.252 e. The number of anilines is 5. The van der Waals surface area contributed by atoms with Crippen molar-refractivity contribution >= 4 is 40.3 Å². The Morgan fingerprint density at radius 1 is 0.867 bits per heavy atom. The first-order valence-electron chi connectivity index (χ1n) is 9.83. The fraction of sp³-hybridized carbons (Fsp3) is 0.167. The number of hydrogen-bond donors (Lipinski definition) is 3. The van der Waals surface area contributed by atoms with E-state index in [1.165, 1.54) is 4.90 Å². The highest BCUT2D eigenvalue weighted by molar-refractivity contribution is 6.11. The Balaban J connectivity index is 1.44. The van der Waals surface area contributed by atoms with Crippen molar-refractivity contribution in [1.29, 1.82) is 0 Å².